The van der Waals surface area contributed by atoms with Crippen molar-refractivity contribution >= 4 is 5.91 Å². The Balaban J connectivity index is 1.59. The third-order valence-electron chi connectivity index (χ3n) is 4.62. The molecule has 3 heterocycles. The number of carbonyl (C=O) groups excluding carboxylic acids is 1. The molecule has 7 heteroatoms. The summed E-state index contributed by atoms with van der Waals surface area (Å²) in [4.78, 5) is 22.0. The number of aryl methyl sites for hydroxylation is 3. The summed E-state index contributed by atoms with van der Waals surface area (Å²) in [5.41, 5.74) is 2.15. The third-order valence-corrected chi connectivity index (χ3v) is 4.62. The molecule has 0 spiro atoms. The van der Waals surface area contributed by atoms with E-state index in [-0.39, 0.29) is 18.1 Å². The molecular formula is C17H25N5O2. The van der Waals surface area contributed by atoms with Crippen molar-refractivity contribution in [3.63, 3.8) is 0 Å². The quantitative estimate of drug-likeness (QED) is 0.878. The Morgan fingerprint density at radius 2 is 2.29 bits per heavy atom. The largest absolute Gasteiger partial charge is 0.380 e. The highest BCUT2D eigenvalue weighted by Gasteiger charge is 2.37. The SMILES string of the molecule is CO[C@@H]1C[C@@H](c2ncc[nH]2)N(C(=O)CCCn2nc(C)cc2C)C1. The molecule has 1 amide bonds. The predicted molar refractivity (Wildman–Crippen MR) is 89.4 cm³/mol. The topological polar surface area (TPSA) is 76.0 Å². The fourth-order valence-corrected chi connectivity index (χ4v) is 3.39. The van der Waals surface area contributed by atoms with Gasteiger partial charge in [0.05, 0.1) is 17.8 Å². The fourth-order valence-electron chi connectivity index (χ4n) is 3.39. The number of hydrogen-bond acceptors (Lipinski definition) is 4. The number of nitrogens with zero attached hydrogens (tertiary/aromatic N) is 4. The molecule has 1 saturated heterocycles. The maximum absolute atomic E-state index is 12.7. The van der Waals surface area contributed by atoms with E-state index in [0.29, 0.717) is 13.0 Å². The normalized spacial score (nSPS) is 20.7. The number of amides is 1. The first kappa shape index (κ1) is 16.7. The number of methoxy groups -OCH3 is 1. The van der Waals surface area contributed by atoms with Crippen LogP contribution in [0.3, 0.4) is 0 Å². The zero-order valence-corrected chi connectivity index (χ0v) is 14.5. The lowest BCUT2D eigenvalue weighted by atomic mass is 10.2. The van der Waals surface area contributed by atoms with Crippen molar-refractivity contribution in [2.75, 3.05) is 13.7 Å². The number of carbonyl (C=O) groups is 1. The molecule has 2 aromatic rings. The number of nitrogens with one attached hydrogen (secondary N) is 1. The number of hydrogen-bond donors (Lipinski definition) is 1. The average molecular weight is 331 g/mol. The van der Waals surface area contributed by atoms with E-state index in [1.54, 1.807) is 19.5 Å². The molecular weight excluding hydrogens is 306 g/mol. The van der Waals surface area contributed by atoms with Crippen LogP contribution in [0, 0.1) is 13.8 Å². The number of imidazole rings is 1. The van der Waals surface area contributed by atoms with E-state index >= 15 is 0 Å². The molecule has 0 aromatic carbocycles. The Bertz CT molecular complexity index is 679. The van der Waals surface area contributed by atoms with Gasteiger partial charge in [0.25, 0.3) is 0 Å². The molecule has 1 N–H and O–H groups in total. The Labute approximate surface area is 142 Å². The van der Waals surface area contributed by atoms with Crippen LogP contribution >= 0.6 is 0 Å². The molecule has 7 nitrogen and oxygen atoms in total. The van der Waals surface area contributed by atoms with Crippen LogP contribution in [0.5, 0.6) is 0 Å². The number of rotatable bonds is 6. The monoisotopic (exact) mass is 331 g/mol. The molecule has 24 heavy (non-hydrogen) atoms. The highest BCUT2D eigenvalue weighted by Crippen LogP contribution is 2.32. The van der Waals surface area contributed by atoms with E-state index in [1.807, 2.05) is 23.4 Å². The first-order chi connectivity index (χ1) is 11.6. The molecule has 1 aliphatic rings. The van der Waals surface area contributed by atoms with Gasteiger partial charge in [0.2, 0.25) is 5.91 Å². The lowest BCUT2D eigenvalue weighted by Gasteiger charge is -2.23. The lowest BCUT2D eigenvalue weighted by molar-refractivity contribution is -0.132. The molecule has 0 bridgehead atoms. The molecule has 0 saturated carbocycles. The summed E-state index contributed by atoms with van der Waals surface area (Å²) < 4.78 is 7.43. The van der Waals surface area contributed by atoms with Crippen molar-refractivity contribution in [3.05, 3.63) is 35.7 Å². The Morgan fingerprint density at radius 3 is 2.92 bits per heavy atom. The molecule has 1 aliphatic heterocycles. The average Bonchev–Trinajstić information content (AvgIpc) is 3.27. The van der Waals surface area contributed by atoms with E-state index < -0.39 is 0 Å². The zero-order chi connectivity index (χ0) is 17.1. The Hall–Kier alpha value is -2.15. The first-order valence-electron chi connectivity index (χ1n) is 8.41. The first-order valence-corrected chi connectivity index (χ1v) is 8.41. The van der Waals surface area contributed by atoms with Gasteiger partial charge in [0.15, 0.2) is 0 Å². The molecule has 0 radical (unpaired) electrons. The highest BCUT2D eigenvalue weighted by molar-refractivity contribution is 5.77. The van der Waals surface area contributed by atoms with Crippen molar-refractivity contribution in [3.8, 4) is 0 Å². The number of aromatic amines is 1. The predicted octanol–water partition coefficient (Wildman–Crippen LogP) is 1.99. The number of aromatic nitrogens is 4. The summed E-state index contributed by atoms with van der Waals surface area (Å²) in [6, 6.07) is 2.03. The van der Waals surface area contributed by atoms with Crippen molar-refractivity contribution in [2.24, 2.45) is 0 Å². The molecule has 2 aromatic heterocycles. The standard InChI is InChI=1S/C17H25N5O2/c1-12-9-13(2)22(20-12)8-4-5-16(23)21-11-14(24-3)10-15(21)17-18-6-7-19-17/h6-7,9,14-15H,4-5,8,10-11H2,1-3H3,(H,18,19)/t14-,15+/m1/s1. The summed E-state index contributed by atoms with van der Waals surface area (Å²) in [6.45, 7) is 5.41. The zero-order valence-electron chi connectivity index (χ0n) is 14.5. The van der Waals surface area contributed by atoms with Crippen molar-refractivity contribution in [1.82, 2.24) is 24.6 Å². The highest BCUT2D eigenvalue weighted by atomic mass is 16.5. The fraction of sp³-hybridized carbons (Fsp3) is 0.588. The van der Waals surface area contributed by atoms with Gasteiger partial charge in [-0.15, -0.1) is 0 Å². The van der Waals surface area contributed by atoms with Crippen molar-refractivity contribution in [2.45, 2.75) is 51.8 Å². The molecule has 3 rings (SSSR count). The Morgan fingerprint density at radius 1 is 1.46 bits per heavy atom. The van der Waals surface area contributed by atoms with Crippen LogP contribution in [0.4, 0.5) is 0 Å². The van der Waals surface area contributed by atoms with Crippen LogP contribution < -0.4 is 0 Å². The van der Waals surface area contributed by atoms with E-state index in [4.69, 9.17) is 4.74 Å². The minimum atomic E-state index is -0.0221. The second-order valence-electron chi connectivity index (χ2n) is 6.38. The maximum Gasteiger partial charge on any atom is 0.223 e. The third kappa shape index (κ3) is 3.51. The molecule has 130 valence electrons. The van der Waals surface area contributed by atoms with E-state index in [0.717, 1.165) is 36.6 Å². The van der Waals surface area contributed by atoms with Gasteiger partial charge >= 0.3 is 0 Å². The van der Waals surface area contributed by atoms with Crippen LogP contribution in [-0.4, -0.2) is 50.3 Å². The Kier molecular flexibility index (Phi) is 4.99. The van der Waals surface area contributed by atoms with Crippen LogP contribution in [0.25, 0.3) is 0 Å². The number of H-pyrrole nitrogens is 1. The number of likely N-dealkylation sites (tertiary alicyclic amines) is 1. The number of ether oxygens (including phenoxy) is 1. The van der Waals surface area contributed by atoms with Crippen LogP contribution in [0.2, 0.25) is 0 Å². The van der Waals surface area contributed by atoms with Gasteiger partial charge in [-0.3, -0.25) is 9.48 Å². The van der Waals surface area contributed by atoms with Crippen LogP contribution in [0.1, 0.15) is 42.5 Å². The van der Waals surface area contributed by atoms with Crippen molar-refractivity contribution < 1.29 is 9.53 Å². The second kappa shape index (κ2) is 7.17. The van der Waals surface area contributed by atoms with E-state index in [2.05, 4.69) is 21.1 Å². The van der Waals surface area contributed by atoms with Gasteiger partial charge in [0, 0.05) is 51.1 Å². The second-order valence-corrected chi connectivity index (χ2v) is 6.38. The smallest absolute Gasteiger partial charge is 0.223 e. The maximum atomic E-state index is 12.7. The minimum Gasteiger partial charge on any atom is -0.380 e. The summed E-state index contributed by atoms with van der Waals surface area (Å²) in [6.07, 6.45) is 5.65. The summed E-state index contributed by atoms with van der Waals surface area (Å²) in [5, 5.41) is 4.44. The van der Waals surface area contributed by atoms with Crippen molar-refractivity contribution in [1.29, 1.82) is 0 Å². The summed E-state index contributed by atoms with van der Waals surface area (Å²) in [5.74, 6) is 0.985. The molecule has 0 unspecified atom stereocenters. The van der Waals surface area contributed by atoms with Crippen LogP contribution in [-0.2, 0) is 16.1 Å². The van der Waals surface area contributed by atoms with Crippen LogP contribution in [0.15, 0.2) is 18.5 Å². The van der Waals surface area contributed by atoms with E-state index in [1.165, 1.54) is 0 Å². The van der Waals surface area contributed by atoms with Gasteiger partial charge in [-0.05, 0) is 26.3 Å². The van der Waals surface area contributed by atoms with Gasteiger partial charge in [-0.1, -0.05) is 0 Å². The molecule has 1 fully saturated rings. The van der Waals surface area contributed by atoms with Gasteiger partial charge in [0.1, 0.15) is 5.82 Å². The summed E-state index contributed by atoms with van der Waals surface area (Å²) in [7, 11) is 1.70. The lowest BCUT2D eigenvalue weighted by Crippen LogP contribution is -2.32. The summed E-state index contributed by atoms with van der Waals surface area (Å²) >= 11 is 0. The van der Waals surface area contributed by atoms with Gasteiger partial charge < -0.3 is 14.6 Å². The van der Waals surface area contributed by atoms with E-state index in [9.17, 15) is 4.79 Å². The molecule has 2 atom stereocenters. The van der Waals surface area contributed by atoms with Gasteiger partial charge in [-0.25, -0.2) is 4.98 Å². The van der Waals surface area contributed by atoms with Gasteiger partial charge in [-0.2, -0.15) is 5.10 Å². The molecule has 0 aliphatic carbocycles. The minimum absolute atomic E-state index is 0.0221.